The highest BCUT2D eigenvalue weighted by Gasteiger charge is 2.21. The second kappa shape index (κ2) is 4.06. The Bertz CT molecular complexity index is 485. The average Bonchev–Trinajstić information content (AvgIpc) is 2.64. The zero-order valence-electron chi connectivity index (χ0n) is 8.58. The highest BCUT2D eigenvalue weighted by molar-refractivity contribution is 5.28. The molecule has 16 heavy (non-hydrogen) atoms. The lowest BCUT2D eigenvalue weighted by Gasteiger charge is -2.10. The van der Waals surface area contributed by atoms with E-state index < -0.39 is 23.3 Å². The summed E-state index contributed by atoms with van der Waals surface area (Å²) in [7, 11) is 0. The van der Waals surface area contributed by atoms with Gasteiger partial charge in [0.1, 0.15) is 29.3 Å². The van der Waals surface area contributed by atoms with Crippen LogP contribution in [-0.2, 0) is 0 Å². The normalized spacial score (nSPS) is 12.8. The van der Waals surface area contributed by atoms with Crippen molar-refractivity contribution in [1.29, 1.82) is 0 Å². The van der Waals surface area contributed by atoms with Crippen LogP contribution < -0.4 is 0 Å². The van der Waals surface area contributed by atoms with Gasteiger partial charge in [0.05, 0.1) is 5.56 Å². The molecule has 1 aromatic heterocycles. The van der Waals surface area contributed by atoms with Gasteiger partial charge < -0.3 is 9.52 Å². The van der Waals surface area contributed by atoms with Gasteiger partial charge in [-0.05, 0) is 31.2 Å². The summed E-state index contributed by atoms with van der Waals surface area (Å²) in [4.78, 5) is 0. The van der Waals surface area contributed by atoms with E-state index in [1.807, 2.05) is 0 Å². The van der Waals surface area contributed by atoms with Crippen molar-refractivity contribution in [2.24, 2.45) is 0 Å². The predicted octanol–water partition coefficient (Wildman–Crippen LogP) is 2.95. The van der Waals surface area contributed by atoms with Gasteiger partial charge in [0.15, 0.2) is 0 Å². The molecule has 84 valence electrons. The molecule has 0 bridgehead atoms. The van der Waals surface area contributed by atoms with Crippen molar-refractivity contribution in [1.82, 2.24) is 0 Å². The molecule has 2 rings (SSSR count). The molecule has 0 saturated carbocycles. The van der Waals surface area contributed by atoms with Gasteiger partial charge in [0, 0.05) is 0 Å². The Morgan fingerprint density at radius 1 is 1.12 bits per heavy atom. The highest BCUT2D eigenvalue weighted by Crippen LogP contribution is 2.27. The predicted molar refractivity (Wildman–Crippen MR) is 53.9 cm³/mol. The van der Waals surface area contributed by atoms with Gasteiger partial charge in [0.25, 0.3) is 0 Å². The maximum Gasteiger partial charge on any atom is 0.142 e. The molecule has 0 aliphatic carbocycles. The van der Waals surface area contributed by atoms with Gasteiger partial charge in [0.2, 0.25) is 0 Å². The van der Waals surface area contributed by atoms with Gasteiger partial charge in [-0.1, -0.05) is 6.07 Å². The summed E-state index contributed by atoms with van der Waals surface area (Å²) in [5.41, 5.74) is -0.392. The molecule has 1 atom stereocenters. The molecule has 0 saturated heterocycles. The molecule has 1 N–H and O–H groups in total. The first kappa shape index (κ1) is 10.8. The molecule has 2 nitrogen and oxygen atoms in total. The number of aliphatic hydroxyl groups is 1. The van der Waals surface area contributed by atoms with Crippen LogP contribution >= 0.6 is 0 Å². The Hall–Kier alpha value is -1.68. The van der Waals surface area contributed by atoms with E-state index in [0.717, 1.165) is 12.1 Å². The third kappa shape index (κ3) is 1.84. The van der Waals surface area contributed by atoms with Crippen molar-refractivity contribution in [2.45, 2.75) is 13.0 Å². The quantitative estimate of drug-likeness (QED) is 0.850. The van der Waals surface area contributed by atoms with Crippen molar-refractivity contribution in [3.8, 4) is 0 Å². The van der Waals surface area contributed by atoms with Crippen LogP contribution in [0.5, 0.6) is 0 Å². The van der Waals surface area contributed by atoms with Gasteiger partial charge in [-0.2, -0.15) is 0 Å². The molecular formula is C12H10F2O2. The molecule has 0 amide bonds. The minimum atomic E-state index is -1.42. The first-order chi connectivity index (χ1) is 7.59. The van der Waals surface area contributed by atoms with Crippen LogP contribution in [-0.4, -0.2) is 5.11 Å². The monoisotopic (exact) mass is 224 g/mol. The molecule has 0 aliphatic heterocycles. The van der Waals surface area contributed by atoms with Crippen LogP contribution in [0.1, 0.15) is 23.2 Å². The molecule has 0 spiro atoms. The van der Waals surface area contributed by atoms with Crippen LogP contribution in [0.3, 0.4) is 0 Å². The van der Waals surface area contributed by atoms with E-state index in [1.54, 1.807) is 13.0 Å². The molecular weight excluding hydrogens is 214 g/mol. The van der Waals surface area contributed by atoms with E-state index in [1.165, 1.54) is 12.1 Å². The maximum absolute atomic E-state index is 13.4. The zero-order chi connectivity index (χ0) is 11.7. The average molecular weight is 224 g/mol. The fourth-order valence-electron chi connectivity index (χ4n) is 1.51. The van der Waals surface area contributed by atoms with E-state index in [9.17, 15) is 13.9 Å². The lowest BCUT2D eigenvalue weighted by molar-refractivity contribution is 0.178. The molecule has 0 aliphatic rings. The molecule has 0 radical (unpaired) electrons. The van der Waals surface area contributed by atoms with Gasteiger partial charge in [-0.15, -0.1) is 0 Å². The maximum atomic E-state index is 13.4. The number of aliphatic hydroxyl groups excluding tert-OH is 1. The lowest BCUT2D eigenvalue weighted by Crippen LogP contribution is -2.04. The molecule has 0 fully saturated rings. The number of aryl methyl sites for hydroxylation is 1. The number of rotatable bonds is 2. The van der Waals surface area contributed by atoms with Crippen molar-refractivity contribution >= 4 is 0 Å². The molecule has 1 unspecified atom stereocenters. The molecule has 1 aromatic carbocycles. The minimum absolute atomic E-state index is 0.126. The second-order valence-corrected chi connectivity index (χ2v) is 3.49. The summed E-state index contributed by atoms with van der Waals surface area (Å²) in [6.45, 7) is 1.69. The third-order valence-corrected chi connectivity index (χ3v) is 2.30. The SMILES string of the molecule is Cc1ccc(C(O)c2c(F)cccc2F)o1. The van der Waals surface area contributed by atoms with Crippen LogP contribution in [0.25, 0.3) is 0 Å². The standard InChI is InChI=1S/C12H10F2O2/c1-7-5-6-10(16-7)12(15)11-8(13)3-2-4-9(11)14/h2-6,12,15H,1H3. The van der Waals surface area contributed by atoms with E-state index >= 15 is 0 Å². The van der Waals surface area contributed by atoms with E-state index in [4.69, 9.17) is 4.42 Å². The summed E-state index contributed by atoms with van der Waals surface area (Å²) < 4.78 is 31.8. The molecule has 4 heteroatoms. The van der Waals surface area contributed by atoms with Gasteiger partial charge in [-0.3, -0.25) is 0 Å². The summed E-state index contributed by atoms with van der Waals surface area (Å²) in [5.74, 6) is -0.879. The lowest BCUT2D eigenvalue weighted by atomic mass is 10.1. The van der Waals surface area contributed by atoms with Gasteiger partial charge >= 0.3 is 0 Å². The zero-order valence-corrected chi connectivity index (χ0v) is 8.58. The van der Waals surface area contributed by atoms with Gasteiger partial charge in [-0.25, -0.2) is 8.78 Å². The Balaban J connectivity index is 2.45. The summed E-state index contributed by atoms with van der Waals surface area (Å²) in [5, 5.41) is 9.79. The van der Waals surface area contributed by atoms with Crippen molar-refractivity contribution < 1.29 is 18.3 Å². The largest absolute Gasteiger partial charge is 0.463 e. The highest BCUT2D eigenvalue weighted by atomic mass is 19.1. The second-order valence-electron chi connectivity index (χ2n) is 3.49. The number of hydrogen-bond acceptors (Lipinski definition) is 2. The number of furan rings is 1. The summed E-state index contributed by atoms with van der Waals surface area (Å²) in [6.07, 6.45) is -1.42. The van der Waals surface area contributed by atoms with E-state index in [0.29, 0.717) is 5.76 Å². The number of hydrogen-bond donors (Lipinski definition) is 1. The smallest absolute Gasteiger partial charge is 0.142 e. The van der Waals surface area contributed by atoms with E-state index in [2.05, 4.69) is 0 Å². The Morgan fingerprint density at radius 2 is 1.75 bits per heavy atom. The third-order valence-electron chi connectivity index (χ3n) is 2.30. The van der Waals surface area contributed by atoms with Crippen LogP contribution in [0.4, 0.5) is 8.78 Å². The minimum Gasteiger partial charge on any atom is -0.463 e. The fourth-order valence-corrected chi connectivity index (χ4v) is 1.51. The van der Waals surface area contributed by atoms with Crippen LogP contribution in [0, 0.1) is 18.6 Å². The van der Waals surface area contributed by atoms with Crippen LogP contribution in [0.15, 0.2) is 34.7 Å². The van der Waals surface area contributed by atoms with Crippen molar-refractivity contribution in [2.75, 3.05) is 0 Å². The Labute approximate surface area is 91.1 Å². The first-order valence-corrected chi connectivity index (χ1v) is 4.78. The first-order valence-electron chi connectivity index (χ1n) is 4.78. The number of halogens is 2. The Morgan fingerprint density at radius 3 is 2.25 bits per heavy atom. The van der Waals surface area contributed by atoms with Crippen molar-refractivity contribution in [3.63, 3.8) is 0 Å². The van der Waals surface area contributed by atoms with Crippen molar-refractivity contribution in [3.05, 3.63) is 59.1 Å². The summed E-state index contributed by atoms with van der Waals surface area (Å²) >= 11 is 0. The fraction of sp³-hybridized carbons (Fsp3) is 0.167. The summed E-state index contributed by atoms with van der Waals surface area (Å²) in [6, 6.07) is 6.55. The van der Waals surface area contributed by atoms with Crippen LogP contribution in [0.2, 0.25) is 0 Å². The molecule has 2 aromatic rings. The topological polar surface area (TPSA) is 33.4 Å². The molecule has 1 heterocycles. The Kier molecular flexibility index (Phi) is 2.75. The van der Waals surface area contributed by atoms with E-state index in [-0.39, 0.29) is 5.76 Å². The number of benzene rings is 1.